The fraction of sp³-hybridized carbons (Fsp3) is 0.278. The molecule has 0 saturated heterocycles. The van der Waals surface area contributed by atoms with Crippen LogP contribution in [-0.2, 0) is 22.4 Å². The summed E-state index contributed by atoms with van der Waals surface area (Å²) in [5.74, 6) is -0.216. The number of ketones is 1. The minimum Gasteiger partial charge on any atom is -0.497 e. The van der Waals surface area contributed by atoms with E-state index in [1.165, 1.54) is 0 Å². The monoisotopic (exact) mass is 312 g/mol. The summed E-state index contributed by atoms with van der Waals surface area (Å²) in [6, 6.07) is 9.46. The standard InChI is InChI=1S/C18H20N2O3/c1-13-9-15(12-19-11-13)10-17(21)18(22)20-8-7-14-3-5-16(23-2)6-4-14/h3-6,9,11-12H,7-8,10H2,1-2H3,(H,20,22). The van der Waals surface area contributed by atoms with Gasteiger partial charge in [0.15, 0.2) is 0 Å². The number of methoxy groups -OCH3 is 1. The van der Waals surface area contributed by atoms with Gasteiger partial charge in [0.25, 0.3) is 5.91 Å². The molecule has 1 aromatic carbocycles. The minimum absolute atomic E-state index is 0.0725. The van der Waals surface area contributed by atoms with E-state index in [1.807, 2.05) is 37.3 Å². The van der Waals surface area contributed by atoms with Crippen molar-refractivity contribution in [1.29, 1.82) is 0 Å². The molecule has 5 nitrogen and oxygen atoms in total. The lowest BCUT2D eigenvalue weighted by atomic mass is 10.1. The highest BCUT2D eigenvalue weighted by molar-refractivity contribution is 6.36. The highest BCUT2D eigenvalue weighted by Gasteiger charge is 2.13. The van der Waals surface area contributed by atoms with Crippen LogP contribution >= 0.6 is 0 Å². The van der Waals surface area contributed by atoms with Crippen LogP contribution in [-0.4, -0.2) is 30.3 Å². The Morgan fingerprint density at radius 1 is 1.13 bits per heavy atom. The zero-order valence-corrected chi connectivity index (χ0v) is 13.3. The van der Waals surface area contributed by atoms with E-state index in [9.17, 15) is 9.59 Å². The first kappa shape index (κ1) is 16.7. The first-order chi connectivity index (χ1) is 11.1. The molecule has 0 atom stereocenters. The molecule has 0 aliphatic carbocycles. The number of hydrogen-bond donors (Lipinski definition) is 1. The van der Waals surface area contributed by atoms with Crippen LogP contribution in [0.1, 0.15) is 16.7 Å². The van der Waals surface area contributed by atoms with Crippen LogP contribution in [0.4, 0.5) is 0 Å². The molecule has 0 unspecified atom stereocenters. The number of carbonyl (C=O) groups is 2. The predicted molar refractivity (Wildman–Crippen MR) is 87.4 cm³/mol. The molecule has 1 amide bonds. The Kier molecular flexibility index (Phi) is 5.86. The summed E-state index contributed by atoms with van der Waals surface area (Å²) in [7, 11) is 1.62. The van der Waals surface area contributed by atoms with Gasteiger partial charge in [-0.1, -0.05) is 18.2 Å². The van der Waals surface area contributed by atoms with Gasteiger partial charge < -0.3 is 10.1 Å². The number of nitrogens with one attached hydrogen (secondary N) is 1. The molecule has 0 saturated carbocycles. The summed E-state index contributed by atoms with van der Waals surface area (Å²) < 4.78 is 5.09. The molecule has 120 valence electrons. The second-order valence-corrected chi connectivity index (χ2v) is 5.32. The van der Waals surface area contributed by atoms with Crippen LogP contribution in [0.5, 0.6) is 5.75 Å². The normalized spacial score (nSPS) is 10.2. The number of Topliss-reactive ketones (excluding diaryl/α,β-unsaturated/α-hetero) is 1. The second kappa shape index (κ2) is 8.08. The maximum absolute atomic E-state index is 11.9. The number of amides is 1. The molecule has 1 aromatic heterocycles. The van der Waals surface area contributed by atoms with E-state index in [1.54, 1.807) is 19.5 Å². The summed E-state index contributed by atoms with van der Waals surface area (Å²) in [6.45, 7) is 2.32. The molecule has 0 spiro atoms. The van der Waals surface area contributed by atoms with Crippen molar-refractivity contribution in [3.05, 3.63) is 59.4 Å². The maximum atomic E-state index is 11.9. The number of carbonyl (C=O) groups excluding carboxylic acids is 2. The molecule has 1 heterocycles. The van der Waals surface area contributed by atoms with E-state index < -0.39 is 11.7 Å². The van der Waals surface area contributed by atoms with Crippen molar-refractivity contribution in [1.82, 2.24) is 10.3 Å². The third-order valence-corrected chi connectivity index (χ3v) is 3.41. The molecule has 0 aliphatic heterocycles. The Labute approximate surface area is 135 Å². The maximum Gasteiger partial charge on any atom is 0.287 e. The van der Waals surface area contributed by atoms with Crippen LogP contribution in [0.3, 0.4) is 0 Å². The Balaban J connectivity index is 1.78. The van der Waals surface area contributed by atoms with Gasteiger partial charge in [0.05, 0.1) is 7.11 Å². The number of aromatic nitrogens is 1. The third kappa shape index (κ3) is 5.21. The summed E-state index contributed by atoms with van der Waals surface area (Å²) in [6.07, 6.45) is 4.05. The average molecular weight is 312 g/mol. The molecule has 2 aromatic rings. The van der Waals surface area contributed by atoms with Gasteiger partial charge >= 0.3 is 0 Å². The smallest absolute Gasteiger partial charge is 0.287 e. The highest BCUT2D eigenvalue weighted by atomic mass is 16.5. The average Bonchev–Trinajstić information content (AvgIpc) is 2.55. The van der Waals surface area contributed by atoms with Gasteiger partial charge in [-0.3, -0.25) is 14.6 Å². The van der Waals surface area contributed by atoms with Crippen LogP contribution < -0.4 is 10.1 Å². The van der Waals surface area contributed by atoms with Crippen LogP contribution in [0.15, 0.2) is 42.7 Å². The number of benzene rings is 1. The number of hydrogen-bond acceptors (Lipinski definition) is 4. The number of pyridine rings is 1. The number of rotatable bonds is 7. The van der Waals surface area contributed by atoms with Crippen molar-refractivity contribution in [2.24, 2.45) is 0 Å². The van der Waals surface area contributed by atoms with Gasteiger partial charge in [-0.05, 0) is 42.2 Å². The fourth-order valence-electron chi connectivity index (χ4n) is 2.19. The van der Waals surface area contributed by atoms with Crippen molar-refractivity contribution in [3.63, 3.8) is 0 Å². The SMILES string of the molecule is COc1ccc(CCNC(=O)C(=O)Cc2cncc(C)c2)cc1. The Hall–Kier alpha value is -2.69. The molecule has 23 heavy (non-hydrogen) atoms. The molecule has 2 rings (SSSR count). The van der Waals surface area contributed by atoms with Crippen LogP contribution in [0.25, 0.3) is 0 Å². The lowest BCUT2D eigenvalue weighted by Crippen LogP contribution is -2.33. The second-order valence-electron chi connectivity index (χ2n) is 5.32. The van der Waals surface area contributed by atoms with Gasteiger partial charge in [-0.15, -0.1) is 0 Å². The van der Waals surface area contributed by atoms with E-state index in [4.69, 9.17) is 4.74 Å². The number of nitrogens with zero attached hydrogens (tertiary/aromatic N) is 1. The lowest BCUT2D eigenvalue weighted by Gasteiger charge is -2.06. The van der Waals surface area contributed by atoms with Crippen LogP contribution in [0, 0.1) is 6.92 Å². The largest absolute Gasteiger partial charge is 0.497 e. The molecule has 0 aliphatic rings. The summed E-state index contributed by atoms with van der Waals surface area (Å²) >= 11 is 0. The van der Waals surface area contributed by atoms with E-state index in [0.29, 0.717) is 13.0 Å². The summed E-state index contributed by atoms with van der Waals surface area (Å²) in [4.78, 5) is 27.7. The molecule has 1 N–H and O–H groups in total. The van der Waals surface area contributed by atoms with Gasteiger partial charge in [-0.25, -0.2) is 0 Å². The molecular weight excluding hydrogens is 292 g/mol. The first-order valence-corrected chi connectivity index (χ1v) is 7.43. The van der Waals surface area contributed by atoms with Crippen molar-refractivity contribution in [2.45, 2.75) is 19.8 Å². The van der Waals surface area contributed by atoms with Crippen molar-refractivity contribution >= 4 is 11.7 Å². The fourth-order valence-corrected chi connectivity index (χ4v) is 2.19. The summed E-state index contributed by atoms with van der Waals surface area (Å²) in [5.41, 5.74) is 2.79. The van der Waals surface area contributed by atoms with E-state index in [-0.39, 0.29) is 6.42 Å². The minimum atomic E-state index is -0.556. The Morgan fingerprint density at radius 3 is 2.52 bits per heavy atom. The van der Waals surface area contributed by atoms with E-state index >= 15 is 0 Å². The van der Waals surface area contributed by atoms with E-state index in [0.717, 1.165) is 22.4 Å². The van der Waals surface area contributed by atoms with Crippen molar-refractivity contribution in [2.75, 3.05) is 13.7 Å². The van der Waals surface area contributed by atoms with Gasteiger partial charge in [0, 0.05) is 25.4 Å². The van der Waals surface area contributed by atoms with Crippen molar-refractivity contribution < 1.29 is 14.3 Å². The molecule has 5 heteroatoms. The molecule has 0 fully saturated rings. The first-order valence-electron chi connectivity index (χ1n) is 7.43. The van der Waals surface area contributed by atoms with Gasteiger partial charge in [0.2, 0.25) is 5.78 Å². The Bertz CT molecular complexity index is 681. The van der Waals surface area contributed by atoms with E-state index in [2.05, 4.69) is 10.3 Å². The highest BCUT2D eigenvalue weighted by Crippen LogP contribution is 2.11. The van der Waals surface area contributed by atoms with Gasteiger partial charge in [0.1, 0.15) is 5.75 Å². The molecule has 0 radical (unpaired) electrons. The van der Waals surface area contributed by atoms with Crippen molar-refractivity contribution in [3.8, 4) is 5.75 Å². The zero-order valence-electron chi connectivity index (χ0n) is 13.3. The third-order valence-electron chi connectivity index (χ3n) is 3.41. The molecular formula is C18H20N2O3. The lowest BCUT2D eigenvalue weighted by molar-refractivity contribution is -0.137. The van der Waals surface area contributed by atoms with Crippen LogP contribution in [0.2, 0.25) is 0 Å². The molecule has 0 bridgehead atoms. The number of aryl methyl sites for hydroxylation is 1. The quantitative estimate of drug-likeness (QED) is 0.793. The number of ether oxygens (including phenoxy) is 1. The van der Waals surface area contributed by atoms with Gasteiger partial charge in [-0.2, -0.15) is 0 Å². The topological polar surface area (TPSA) is 68.3 Å². The Morgan fingerprint density at radius 2 is 1.87 bits per heavy atom. The predicted octanol–water partition coefficient (Wildman–Crippen LogP) is 1.87. The summed E-state index contributed by atoms with van der Waals surface area (Å²) in [5, 5.41) is 2.65. The zero-order chi connectivity index (χ0) is 16.7.